The van der Waals surface area contributed by atoms with Crippen molar-refractivity contribution in [3.8, 4) is 11.5 Å². The molecule has 0 atom stereocenters. The van der Waals surface area contributed by atoms with Crippen LogP contribution in [0.25, 0.3) is 0 Å². The van der Waals surface area contributed by atoms with E-state index in [0.717, 1.165) is 0 Å². The number of anilines is 1. The van der Waals surface area contributed by atoms with Gasteiger partial charge in [-0.3, -0.25) is 4.74 Å². The van der Waals surface area contributed by atoms with Crippen LogP contribution in [0.15, 0.2) is 18.2 Å². The van der Waals surface area contributed by atoms with E-state index in [1.165, 1.54) is 0 Å². The molecule has 7 heteroatoms. The average molecular weight is 249 g/mol. The van der Waals surface area contributed by atoms with Gasteiger partial charge in [0.15, 0.2) is 11.5 Å². The Bertz CT molecular complexity index is 395. The summed E-state index contributed by atoms with van der Waals surface area (Å²) < 4.78 is 48.9. The van der Waals surface area contributed by atoms with Crippen molar-refractivity contribution in [3.05, 3.63) is 18.2 Å². The number of benzene rings is 1. The minimum absolute atomic E-state index is 0.0547. The Hall–Kier alpha value is -1.63. The fourth-order valence-corrected chi connectivity index (χ4v) is 1.37. The average Bonchev–Trinajstić information content (AvgIpc) is 2.70. The highest BCUT2D eigenvalue weighted by Crippen LogP contribution is 2.34. The Kier molecular flexibility index (Phi) is 3.28. The van der Waals surface area contributed by atoms with E-state index in [2.05, 4.69) is 10.1 Å². The molecule has 0 radical (unpaired) electrons. The molecule has 0 saturated carbocycles. The quantitative estimate of drug-likeness (QED) is 0.831. The van der Waals surface area contributed by atoms with Crippen LogP contribution in [-0.2, 0) is 4.74 Å². The molecule has 1 aromatic rings. The molecule has 1 aromatic carbocycles. The third-order valence-corrected chi connectivity index (χ3v) is 2.07. The third kappa shape index (κ3) is 3.42. The van der Waals surface area contributed by atoms with Crippen LogP contribution >= 0.6 is 0 Å². The standard InChI is InChI=1S/C10H10F3NO3/c11-10(12,13)17-4-3-14-7-1-2-8-9(5-7)16-6-15-8/h1-2,5,14H,3-4,6H2. The van der Waals surface area contributed by atoms with Crippen molar-refractivity contribution in [3.63, 3.8) is 0 Å². The number of hydrogen-bond acceptors (Lipinski definition) is 4. The maximum atomic E-state index is 11.7. The van der Waals surface area contributed by atoms with Crippen LogP contribution in [0.5, 0.6) is 11.5 Å². The highest BCUT2D eigenvalue weighted by atomic mass is 19.4. The molecule has 0 bridgehead atoms. The minimum atomic E-state index is -4.59. The molecule has 17 heavy (non-hydrogen) atoms. The van der Waals surface area contributed by atoms with E-state index in [1.807, 2.05) is 0 Å². The molecule has 0 aromatic heterocycles. The zero-order valence-corrected chi connectivity index (χ0v) is 8.71. The zero-order chi connectivity index (χ0) is 12.3. The predicted octanol–water partition coefficient (Wildman–Crippen LogP) is 2.36. The Morgan fingerprint density at radius 3 is 2.76 bits per heavy atom. The lowest BCUT2D eigenvalue weighted by Crippen LogP contribution is -2.19. The lowest BCUT2D eigenvalue weighted by molar-refractivity contribution is -0.322. The third-order valence-electron chi connectivity index (χ3n) is 2.07. The molecule has 1 aliphatic rings. The Balaban J connectivity index is 1.80. The van der Waals surface area contributed by atoms with Crippen LogP contribution < -0.4 is 14.8 Å². The molecule has 1 N–H and O–H groups in total. The zero-order valence-electron chi connectivity index (χ0n) is 8.71. The predicted molar refractivity (Wildman–Crippen MR) is 53.1 cm³/mol. The fourth-order valence-electron chi connectivity index (χ4n) is 1.37. The molecule has 4 nitrogen and oxygen atoms in total. The van der Waals surface area contributed by atoms with Gasteiger partial charge in [-0.2, -0.15) is 0 Å². The number of fused-ring (bicyclic) bond motifs is 1. The van der Waals surface area contributed by atoms with Crippen molar-refractivity contribution < 1.29 is 27.4 Å². The summed E-state index contributed by atoms with van der Waals surface area (Å²) in [6.45, 7) is -0.229. The smallest absolute Gasteiger partial charge is 0.454 e. The van der Waals surface area contributed by atoms with Gasteiger partial charge in [0.1, 0.15) is 0 Å². The molecule has 0 amide bonds. The van der Waals surface area contributed by atoms with Gasteiger partial charge in [0.25, 0.3) is 0 Å². The normalized spacial score (nSPS) is 13.8. The Morgan fingerprint density at radius 1 is 1.24 bits per heavy atom. The number of nitrogens with one attached hydrogen (secondary N) is 1. The maximum absolute atomic E-state index is 11.7. The summed E-state index contributed by atoms with van der Waals surface area (Å²) in [7, 11) is 0. The largest absolute Gasteiger partial charge is 0.522 e. The van der Waals surface area contributed by atoms with Crippen LogP contribution in [0.2, 0.25) is 0 Å². The molecule has 1 heterocycles. The van der Waals surface area contributed by atoms with E-state index in [9.17, 15) is 13.2 Å². The van der Waals surface area contributed by atoms with Gasteiger partial charge >= 0.3 is 6.36 Å². The molecule has 0 unspecified atom stereocenters. The lowest BCUT2D eigenvalue weighted by atomic mass is 10.3. The molecule has 0 aliphatic carbocycles. The molecular weight excluding hydrogens is 239 g/mol. The first kappa shape index (κ1) is 11.8. The van der Waals surface area contributed by atoms with Crippen LogP contribution in [0.4, 0.5) is 18.9 Å². The van der Waals surface area contributed by atoms with Crippen molar-refractivity contribution >= 4 is 5.69 Å². The van der Waals surface area contributed by atoms with Crippen LogP contribution in [0.1, 0.15) is 0 Å². The van der Waals surface area contributed by atoms with Crippen molar-refractivity contribution in [2.45, 2.75) is 6.36 Å². The summed E-state index contributed by atoms with van der Waals surface area (Å²) in [5, 5.41) is 2.79. The second-order valence-electron chi connectivity index (χ2n) is 3.29. The highest BCUT2D eigenvalue weighted by Gasteiger charge is 2.28. The molecule has 0 saturated heterocycles. The summed E-state index contributed by atoms with van der Waals surface area (Å²) >= 11 is 0. The van der Waals surface area contributed by atoms with E-state index in [0.29, 0.717) is 17.2 Å². The summed E-state index contributed by atoms with van der Waals surface area (Å²) in [5.41, 5.74) is 0.653. The van der Waals surface area contributed by atoms with Crippen molar-refractivity contribution in [1.29, 1.82) is 0 Å². The topological polar surface area (TPSA) is 39.7 Å². The molecular formula is C10H10F3NO3. The molecule has 94 valence electrons. The number of rotatable bonds is 4. The molecule has 0 spiro atoms. The number of hydrogen-bond donors (Lipinski definition) is 1. The van der Waals surface area contributed by atoms with Gasteiger partial charge in [-0.25, -0.2) is 0 Å². The van der Waals surface area contributed by atoms with Crippen molar-refractivity contribution in [2.75, 3.05) is 25.3 Å². The fraction of sp³-hybridized carbons (Fsp3) is 0.400. The van der Waals surface area contributed by atoms with Gasteiger partial charge in [0.05, 0.1) is 6.61 Å². The second-order valence-corrected chi connectivity index (χ2v) is 3.29. The lowest BCUT2D eigenvalue weighted by Gasteiger charge is -2.09. The first-order chi connectivity index (χ1) is 8.04. The van der Waals surface area contributed by atoms with Crippen molar-refractivity contribution in [2.24, 2.45) is 0 Å². The Labute approximate surface area is 95.3 Å². The van der Waals surface area contributed by atoms with Crippen LogP contribution in [0, 0.1) is 0 Å². The minimum Gasteiger partial charge on any atom is -0.454 e. The van der Waals surface area contributed by atoms with Gasteiger partial charge in [-0.05, 0) is 12.1 Å². The summed E-state index contributed by atoms with van der Waals surface area (Å²) in [6, 6.07) is 5.05. The summed E-state index contributed by atoms with van der Waals surface area (Å²) in [4.78, 5) is 0. The molecule has 0 fully saturated rings. The number of halogens is 3. The van der Waals surface area contributed by atoms with E-state index in [-0.39, 0.29) is 13.3 Å². The van der Waals surface area contributed by atoms with Crippen LogP contribution in [0.3, 0.4) is 0 Å². The van der Waals surface area contributed by atoms with Gasteiger partial charge in [0.2, 0.25) is 6.79 Å². The monoisotopic (exact) mass is 249 g/mol. The van der Waals surface area contributed by atoms with Gasteiger partial charge < -0.3 is 14.8 Å². The van der Waals surface area contributed by atoms with Gasteiger partial charge in [0, 0.05) is 18.3 Å². The summed E-state index contributed by atoms with van der Waals surface area (Å²) in [5.74, 6) is 1.20. The van der Waals surface area contributed by atoms with Crippen molar-refractivity contribution in [1.82, 2.24) is 0 Å². The number of ether oxygens (including phenoxy) is 3. The van der Waals surface area contributed by atoms with E-state index >= 15 is 0 Å². The van der Waals surface area contributed by atoms with E-state index < -0.39 is 13.0 Å². The maximum Gasteiger partial charge on any atom is 0.522 e. The first-order valence-corrected chi connectivity index (χ1v) is 4.89. The Morgan fingerprint density at radius 2 is 2.00 bits per heavy atom. The second kappa shape index (κ2) is 4.70. The molecule has 1 aliphatic heterocycles. The van der Waals surface area contributed by atoms with E-state index in [1.54, 1.807) is 18.2 Å². The van der Waals surface area contributed by atoms with Gasteiger partial charge in [-0.15, -0.1) is 13.2 Å². The number of alkyl halides is 3. The summed E-state index contributed by atoms with van der Waals surface area (Å²) in [6.07, 6.45) is -4.59. The van der Waals surface area contributed by atoms with Gasteiger partial charge in [-0.1, -0.05) is 0 Å². The first-order valence-electron chi connectivity index (χ1n) is 4.89. The highest BCUT2D eigenvalue weighted by molar-refractivity contribution is 5.55. The molecule has 2 rings (SSSR count). The van der Waals surface area contributed by atoms with Crippen LogP contribution in [-0.4, -0.2) is 26.3 Å². The SMILES string of the molecule is FC(F)(F)OCCNc1ccc2c(c1)OCO2. The van der Waals surface area contributed by atoms with E-state index in [4.69, 9.17) is 9.47 Å².